The van der Waals surface area contributed by atoms with E-state index in [-0.39, 0.29) is 18.3 Å². The highest BCUT2D eigenvalue weighted by molar-refractivity contribution is 5.76. The first-order chi connectivity index (χ1) is 18.9. The van der Waals surface area contributed by atoms with E-state index in [2.05, 4.69) is 0 Å². The van der Waals surface area contributed by atoms with Gasteiger partial charge in [-0.25, -0.2) is 0 Å². The third kappa shape index (κ3) is 12.4. The van der Waals surface area contributed by atoms with Gasteiger partial charge in [-0.2, -0.15) is 0 Å². The first kappa shape index (κ1) is 30.5. The van der Waals surface area contributed by atoms with Gasteiger partial charge in [0.15, 0.2) is 11.5 Å². The minimum Gasteiger partial charge on any atom is -0.504 e. The first-order valence-electron chi connectivity index (χ1n) is 12.5. The molecule has 202 valence electrons. The number of aliphatic hydroxyl groups is 1. The van der Waals surface area contributed by atoms with Gasteiger partial charge in [0.1, 0.15) is 12.0 Å². The molecule has 0 radical (unpaired) electrons. The minimum absolute atomic E-state index is 0.0578. The van der Waals surface area contributed by atoms with Crippen LogP contribution in [0.5, 0.6) is 17.2 Å². The fourth-order valence-corrected chi connectivity index (χ4v) is 3.16. The maximum absolute atomic E-state index is 11.6. The molecule has 0 aliphatic carbocycles. The van der Waals surface area contributed by atoms with Crippen molar-refractivity contribution in [2.45, 2.75) is 20.3 Å². The SMILES string of the molecule is CCOc1cc(C=O)ccc1O.Cc1ccc(OC(=O)Cc2ccccc2)cc1.OC/C=C/c1ccccc1. The zero-order valence-electron chi connectivity index (χ0n) is 22.2. The van der Waals surface area contributed by atoms with E-state index < -0.39 is 0 Å². The van der Waals surface area contributed by atoms with Gasteiger partial charge in [0.2, 0.25) is 0 Å². The van der Waals surface area contributed by atoms with E-state index in [1.54, 1.807) is 18.2 Å². The van der Waals surface area contributed by atoms with E-state index in [1.165, 1.54) is 18.2 Å². The number of hydrogen-bond donors (Lipinski definition) is 2. The number of carbonyl (C=O) groups excluding carboxylic acids is 2. The van der Waals surface area contributed by atoms with Gasteiger partial charge in [-0.1, -0.05) is 90.5 Å². The van der Waals surface area contributed by atoms with Crippen molar-refractivity contribution in [2.24, 2.45) is 0 Å². The Bertz CT molecular complexity index is 1280. The van der Waals surface area contributed by atoms with Crippen LogP contribution in [0.1, 0.15) is 34.0 Å². The Morgan fingerprint density at radius 3 is 2.08 bits per heavy atom. The summed E-state index contributed by atoms with van der Waals surface area (Å²) in [7, 11) is 0. The third-order valence-electron chi connectivity index (χ3n) is 5.08. The Morgan fingerprint density at radius 2 is 1.49 bits per heavy atom. The lowest BCUT2D eigenvalue weighted by Gasteiger charge is -2.04. The van der Waals surface area contributed by atoms with Crippen LogP contribution >= 0.6 is 0 Å². The number of carbonyl (C=O) groups is 2. The Kier molecular flexibility index (Phi) is 13.9. The Hall–Kier alpha value is -4.68. The topological polar surface area (TPSA) is 93.1 Å². The van der Waals surface area contributed by atoms with E-state index in [0.717, 1.165) is 16.7 Å². The predicted octanol–water partition coefficient (Wildman–Crippen LogP) is 6.44. The van der Waals surface area contributed by atoms with Crippen molar-refractivity contribution in [1.82, 2.24) is 0 Å². The Morgan fingerprint density at radius 1 is 0.846 bits per heavy atom. The monoisotopic (exact) mass is 526 g/mol. The summed E-state index contributed by atoms with van der Waals surface area (Å²) >= 11 is 0. The van der Waals surface area contributed by atoms with Gasteiger partial charge in [-0.05, 0) is 55.3 Å². The maximum Gasteiger partial charge on any atom is 0.315 e. The molecule has 0 amide bonds. The van der Waals surface area contributed by atoms with Crippen molar-refractivity contribution in [1.29, 1.82) is 0 Å². The number of rotatable bonds is 8. The van der Waals surface area contributed by atoms with Crippen LogP contribution in [-0.2, 0) is 11.2 Å². The summed E-state index contributed by atoms with van der Waals surface area (Å²) in [6.07, 6.45) is 4.62. The largest absolute Gasteiger partial charge is 0.504 e. The van der Waals surface area contributed by atoms with Gasteiger partial charge in [-0.15, -0.1) is 0 Å². The second kappa shape index (κ2) is 17.7. The molecule has 4 aromatic rings. The van der Waals surface area contributed by atoms with Crippen molar-refractivity contribution >= 4 is 18.3 Å². The van der Waals surface area contributed by atoms with Crippen LogP contribution in [0.4, 0.5) is 0 Å². The van der Waals surface area contributed by atoms with E-state index in [1.807, 2.05) is 92.7 Å². The molecule has 6 heteroatoms. The summed E-state index contributed by atoms with van der Waals surface area (Å²) in [6, 6.07) is 31.4. The van der Waals surface area contributed by atoms with Crippen molar-refractivity contribution in [2.75, 3.05) is 13.2 Å². The number of aryl methyl sites for hydroxylation is 1. The molecule has 0 aliphatic rings. The summed E-state index contributed by atoms with van der Waals surface area (Å²) in [5.41, 5.74) is 3.73. The standard InChI is InChI=1S/C15H14O2.C9H10O3.C9H10O/c1-12-7-9-14(10-8-12)17-15(16)11-13-5-3-2-4-6-13;1-2-12-9-5-7(6-10)3-4-8(9)11;10-8-4-7-9-5-2-1-3-6-9/h2-10H,11H2,1H3;3-6,11H,2H2,1H3;1-7,10H,8H2/b;;7-4+. The molecular formula is C33H34O6. The maximum atomic E-state index is 11.6. The Labute approximate surface area is 229 Å². The molecule has 0 aromatic heterocycles. The zero-order valence-corrected chi connectivity index (χ0v) is 22.2. The molecule has 0 atom stereocenters. The van der Waals surface area contributed by atoms with Crippen LogP contribution in [0, 0.1) is 6.92 Å². The number of phenolic OH excluding ortho intramolecular Hbond substituents is 1. The average Bonchev–Trinajstić information content (AvgIpc) is 2.96. The number of phenols is 1. The molecule has 0 bridgehead atoms. The quantitative estimate of drug-likeness (QED) is 0.156. The van der Waals surface area contributed by atoms with Crippen LogP contribution in [0.15, 0.2) is 109 Å². The smallest absolute Gasteiger partial charge is 0.315 e. The van der Waals surface area contributed by atoms with Gasteiger partial charge in [0.05, 0.1) is 19.6 Å². The molecular weight excluding hydrogens is 492 g/mol. The van der Waals surface area contributed by atoms with Gasteiger partial charge < -0.3 is 19.7 Å². The molecule has 0 fully saturated rings. The summed E-state index contributed by atoms with van der Waals surface area (Å²) in [4.78, 5) is 22.0. The van der Waals surface area contributed by atoms with Crippen molar-refractivity contribution < 1.29 is 29.3 Å². The number of aromatic hydroxyl groups is 1. The average molecular weight is 527 g/mol. The van der Waals surface area contributed by atoms with Crippen LogP contribution in [0.25, 0.3) is 6.08 Å². The Balaban J connectivity index is 0.000000214. The van der Waals surface area contributed by atoms with E-state index in [4.69, 9.17) is 14.6 Å². The molecule has 0 heterocycles. The third-order valence-corrected chi connectivity index (χ3v) is 5.08. The molecule has 4 aromatic carbocycles. The lowest BCUT2D eigenvalue weighted by atomic mass is 10.1. The predicted molar refractivity (Wildman–Crippen MR) is 154 cm³/mol. The van der Waals surface area contributed by atoms with Crippen molar-refractivity contribution in [3.63, 3.8) is 0 Å². The van der Waals surface area contributed by atoms with E-state index in [0.29, 0.717) is 36.4 Å². The minimum atomic E-state index is -0.236. The van der Waals surface area contributed by atoms with E-state index >= 15 is 0 Å². The lowest BCUT2D eigenvalue weighted by Crippen LogP contribution is -2.11. The number of aliphatic hydroxyl groups excluding tert-OH is 1. The van der Waals surface area contributed by atoms with Crippen LogP contribution < -0.4 is 9.47 Å². The van der Waals surface area contributed by atoms with Crippen LogP contribution in [0.3, 0.4) is 0 Å². The molecule has 0 saturated heterocycles. The zero-order chi connectivity index (χ0) is 28.3. The van der Waals surface area contributed by atoms with Crippen LogP contribution in [0.2, 0.25) is 0 Å². The number of aldehydes is 1. The summed E-state index contributed by atoms with van der Waals surface area (Å²) < 4.78 is 10.3. The van der Waals surface area contributed by atoms with E-state index in [9.17, 15) is 14.7 Å². The summed E-state index contributed by atoms with van der Waals surface area (Å²) in [5.74, 6) is 0.765. The lowest BCUT2D eigenvalue weighted by molar-refractivity contribution is -0.133. The second-order valence-corrected chi connectivity index (χ2v) is 8.22. The molecule has 0 saturated carbocycles. The normalized spacial score (nSPS) is 9.92. The van der Waals surface area contributed by atoms with Gasteiger partial charge in [0.25, 0.3) is 0 Å². The summed E-state index contributed by atoms with van der Waals surface area (Å²) in [5, 5.41) is 17.7. The fourth-order valence-electron chi connectivity index (χ4n) is 3.16. The van der Waals surface area contributed by atoms with Crippen molar-refractivity contribution in [3.8, 4) is 17.2 Å². The number of esters is 1. The summed E-state index contributed by atoms with van der Waals surface area (Å²) in [6.45, 7) is 4.38. The van der Waals surface area contributed by atoms with Crippen LogP contribution in [-0.4, -0.2) is 35.7 Å². The highest BCUT2D eigenvalue weighted by Gasteiger charge is 2.05. The van der Waals surface area contributed by atoms with Gasteiger partial charge >= 0.3 is 5.97 Å². The molecule has 0 unspecified atom stereocenters. The molecule has 0 aliphatic heterocycles. The molecule has 0 spiro atoms. The van der Waals surface area contributed by atoms with Gasteiger partial charge in [0, 0.05) is 5.56 Å². The number of benzene rings is 4. The van der Waals surface area contributed by atoms with Gasteiger partial charge in [-0.3, -0.25) is 9.59 Å². The molecule has 2 N–H and O–H groups in total. The molecule has 39 heavy (non-hydrogen) atoms. The fraction of sp³-hybridized carbons (Fsp3) is 0.152. The second-order valence-electron chi connectivity index (χ2n) is 8.22. The number of hydrogen-bond acceptors (Lipinski definition) is 6. The molecule has 6 nitrogen and oxygen atoms in total. The molecule has 4 rings (SSSR count). The van der Waals surface area contributed by atoms with Crippen molar-refractivity contribution in [3.05, 3.63) is 131 Å². The highest BCUT2D eigenvalue weighted by Crippen LogP contribution is 2.25. The number of ether oxygens (including phenoxy) is 2. The first-order valence-corrected chi connectivity index (χ1v) is 12.5. The highest BCUT2D eigenvalue weighted by atomic mass is 16.5.